The zero-order valence-electron chi connectivity index (χ0n) is 18.1. The van der Waals surface area contributed by atoms with Crippen molar-refractivity contribution in [3.8, 4) is 17.6 Å². The Hall–Kier alpha value is -3.72. The maximum absolute atomic E-state index is 12.5. The summed E-state index contributed by atoms with van der Waals surface area (Å²) in [5.74, 6) is 0.794. The van der Waals surface area contributed by atoms with Gasteiger partial charge in [0.25, 0.3) is 5.91 Å². The number of ether oxygens (including phenoxy) is 2. The Morgan fingerprint density at radius 1 is 1.26 bits per heavy atom. The van der Waals surface area contributed by atoms with Crippen LogP contribution in [-0.2, 0) is 11.2 Å². The van der Waals surface area contributed by atoms with E-state index < -0.39 is 5.91 Å². The summed E-state index contributed by atoms with van der Waals surface area (Å²) in [6.45, 7) is 4.47. The summed E-state index contributed by atoms with van der Waals surface area (Å²) >= 11 is 0. The van der Waals surface area contributed by atoms with Gasteiger partial charge in [-0.3, -0.25) is 4.79 Å². The number of carbonyl (C=O) groups excluding carboxylic acids is 1. The van der Waals surface area contributed by atoms with Crippen LogP contribution < -0.4 is 14.8 Å². The smallest absolute Gasteiger partial charge is 0.261 e. The second-order valence-corrected chi connectivity index (χ2v) is 7.28. The quantitative estimate of drug-likeness (QED) is 0.393. The van der Waals surface area contributed by atoms with Gasteiger partial charge in [0, 0.05) is 23.6 Å². The number of carbonyl (C=O) groups is 1. The van der Waals surface area contributed by atoms with E-state index in [0.717, 1.165) is 22.9 Å². The van der Waals surface area contributed by atoms with Gasteiger partial charge >= 0.3 is 0 Å². The molecule has 1 heterocycles. The lowest BCUT2D eigenvalue weighted by Crippen LogP contribution is -2.26. The summed E-state index contributed by atoms with van der Waals surface area (Å²) in [4.78, 5) is 15.7. The third-order valence-electron chi connectivity index (χ3n) is 5.12. The number of rotatable bonds is 9. The number of aromatic nitrogens is 1. The summed E-state index contributed by atoms with van der Waals surface area (Å²) < 4.78 is 11.3. The highest BCUT2D eigenvalue weighted by atomic mass is 16.5. The predicted molar refractivity (Wildman–Crippen MR) is 122 cm³/mol. The molecule has 0 saturated heterocycles. The van der Waals surface area contributed by atoms with Crippen molar-refractivity contribution in [3.63, 3.8) is 0 Å². The van der Waals surface area contributed by atoms with Gasteiger partial charge in [-0.25, -0.2) is 0 Å². The fourth-order valence-corrected chi connectivity index (χ4v) is 3.23. The average molecular weight is 418 g/mol. The van der Waals surface area contributed by atoms with E-state index in [2.05, 4.69) is 10.3 Å². The fraction of sp³-hybridized carbons (Fsp3) is 0.280. The number of benzene rings is 2. The summed E-state index contributed by atoms with van der Waals surface area (Å²) in [5, 5.41) is 13.4. The van der Waals surface area contributed by atoms with Crippen LogP contribution in [0.3, 0.4) is 0 Å². The molecule has 0 bridgehead atoms. The number of H-pyrrole nitrogens is 1. The van der Waals surface area contributed by atoms with E-state index in [9.17, 15) is 10.1 Å². The van der Waals surface area contributed by atoms with Crippen molar-refractivity contribution in [2.45, 2.75) is 32.8 Å². The Morgan fingerprint density at radius 2 is 2.06 bits per heavy atom. The number of fused-ring (bicyclic) bond motifs is 1. The first-order valence-corrected chi connectivity index (χ1v) is 10.3. The molecule has 2 N–H and O–H groups in total. The number of aromatic amines is 1. The van der Waals surface area contributed by atoms with Gasteiger partial charge in [0.2, 0.25) is 0 Å². The van der Waals surface area contributed by atoms with Crippen molar-refractivity contribution >= 4 is 22.9 Å². The minimum atomic E-state index is -0.402. The largest absolute Gasteiger partial charge is 0.493 e. The molecule has 0 aliphatic rings. The Kier molecular flexibility index (Phi) is 7.34. The molecule has 0 fully saturated rings. The molecule has 0 radical (unpaired) electrons. The molecular formula is C25H27N3O3. The van der Waals surface area contributed by atoms with Crippen molar-refractivity contribution in [1.29, 1.82) is 5.26 Å². The zero-order valence-corrected chi connectivity index (χ0v) is 18.1. The first-order valence-electron chi connectivity index (χ1n) is 10.3. The summed E-state index contributed by atoms with van der Waals surface area (Å²) in [7, 11) is 1.56. The molecule has 1 atom stereocenters. The van der Waals surface area contributed by atoms with Gasteiger partial charge in [0.05, 0.1) is 13.2 Å². The van der Waals surface area contributed by atoms with E-state index >= 15 is 0 Å². The maximum Gasteiger partial charge on any atom is 0.261 e. The third kappa shape index (κ3) is 5.46. The van der Waals surface area contributed by atoms with Crippen LogP contribution in [0.2, 0.25) is 0 Å². The fourth-order valence-electron chi connectivity index (χ4n) is 3.23. The highest BCUT2D eigenvalue weighted by Crippen LogP contribution is 2.30. The maximum atomic E-state index is 12.5. The number of hydrogen-bond acceptors (Lipinski definition) is 4. The van der Waals surface area contributed by atoms with Crippen LogP contribution >= 0.6 is 0 Å². The number of para-hydroxylation sites is 1. The van der Waals surface area contributed by atoms with Crippen LogP contribution in [0.25, 0.3) is 17.0 Å². The summed E-state index contributed by atoms with van der Waals surface area (Å²) in [6.07, 6.45) is 5.11. The van der Waals surface area contributed by atoms with Gasteiger partial charge in [0.1, 0.15) is 11.6 Å². The number of nitrogens with one attached hydrogen (secondary N) is 2. The molecule has 1 amide bonds. The molecule has 3 aromatic rings. The highest BCUT2D eigenvalue weighted by molar-refractivity contribution is 6.01. The third-order valence-corrected chi connectivity index (χ3v) is 5.12. The summed E-state index contributed by atoms with van der Waals surface area (Å²) in [5.41, 5.74) is 2.92. The van der Waals surface area contributed by atoms with E-state index in [4.69, 9.17) is 9.47 Å². The van der Waals surface area contributed by atoms with E-state index in [1.807, 2.05) is 50.4 Å². The molecule has 6 nitrogen and oxygen atoms in total. The molecule has 0 unspecified atom stereocenters. The van der Waals surface area contributed by atoms with Crippen molar-refractivity contribution in [3.05, 3.63) is 65.4 Å². The Balaban J connectivity index is 1.66. The van der Waals surface area contributed by atoms with Gasteiger partial charge in [-0.1, -0.05) is 31.2 Å². The molecular weight excluding hydrogens is 390 g/mol. The van der Waals surface area contributed by atoms with Gasteiger partial charge in [0.15, 0.2) is 11.5 Å². The van der Waals surface area contributed by atoms with Crippen LogP contribution in [0.15, 0.2) is 54.2 Å². The molecule has 0 aliphatic heterocycles. The lowest BCUT2D eigenvalue weighted by molar-refractivity contribution is -0.117. The summed E-state index contributed by atoms with van der Waals surface area (Å²) in [6, 6.07) is 15.4. The van der Waals surface area contributed by atoms with Crippen molar-refractivity contribution in [1.82, 2.24) is 10.3 Å². The zero-order chi connectivity index (χ0) is 22.2. The van der Waals surface area contributed by atoms with Crippen LogP contribution in [0.1, 0.15) is 31.4 Å². The first kappa shape index (κ1) is 22.0. The Bertz CT molecular complexity index is 1120. The second-order valence-electron chi connectivity index (χ2n) is 7.28. The van der Waals surface area contributed by atoms with E-state index in [0.29, 0.717) is 30.0 Å². The van der Waals surface area contributed by atoms with Gasteiger partial charge in [-0.05, 0) is 55.2 Å². The molecule has 3 rings (SSSR count). The molecule has 31 heavy (non-hydrogen) atoms. The van der Waals surface area contributed by atoms with Gasteiger partial charge in [-0.2, -0.15) is 5.26 Å². The number of nitrogens with zero attached hydrogens (tertiary/aromatic N) is 1. The highest BCUT2D eigenvalue weighted by Gasteiger charge is 2.12. The van der Waals surface area contributed by atoms with Crippen molar-refractivity contribution in [2.75, 3.05) is 13.7 Å². The molecule has 0 aliphatic carbocycles. The minimum Gasteiger partial charge on any atom is -0.493 e. The van der Waals surface area contributed by atoms with Crippen LogP contribution in [0.5, 0.6) is 11.5 Å². The molecule has 160 valence electrons. The Labute approximate surface area is 182 Å². The van der Waals surface area contributed by atoms with Crippen LogP contribution in [0, 0.1) is 11.3 Å². The van der Waals surface area contributed by atoms with E-state index in [1.54, 1.807) is 31.4 Å². The van der Waals surface area contributed by atoms with E-state index in [1.165, 1.54) is 0 Å². The lowest BCUT2D eigenvalue weighted by Gasteiger charge is -2.15. The number of nitriles is 1. The monoisotopic (exact) mass is 417 g/mol. The second kappa shape index (κ2) is 10.4. The molecule has 6 heteroatoms. The standard InChI is InChI=1S/C25H27N3O3/c1-4-17(2)31-23-10-9-18(14-24(23)30-3)13-20(15-26)25(29)27-12-11-19-16-28-22-8-6-5-7-21(19)22/h5-10,13-14,16-17,28H,4,11-12H2,1-3H3,(H,27,29)/b20-13-/t17-/m1/s1. The van der Waals surface area contributed by atoms with E-state index in [-0.39, 0.29) is 11.7 Å². The van der Waals surface area contributed by atoms with Gasteiger partial charge in [-0.15, -0.1) is 0 Å². The van der Waals surface area contributed by atoms with Crippen molar-refractivity contribution in [2.24, 2.45) is 0 Å². The molecule has 0 saturated carbocycles. The number of hydrogen-bond donors (Lipinski definition) is 2. The van der Waals surface area contributed by atoms with Crippen molar-refractivity contribution < 1.29 is 14.3 Å². The van der Waals surface area contributed by atoms with Crippen LogP contribution in [0.4, 0.5) is 0 Å². The minimum absolute atomic E-state index is 0.0385. The predicted octanol–water partition coefficient (Wildman–Crippen LogP) is 4.62. The topological polar surface area (TPSA) is 87.1 Å². The van der Waals surface area contributed by atoms with Crippen LogP contribution in [-0.4, -0.2) is 30.6 Å². The first-order chi connectivity index (χ1) is 15.0. The Morgan fingerprint density at radius 3 is 2.81 bits per heavy atom. The normalized spacial score (nSPS) is 12.3. The lowest BCUT2D eigenvalue weighted by atomic mass is 10.1. The SMILES string of the molecule is CC[C@@H](C)Oc1ccc(/C=C(/C#N)C(=O)NCCc2c[nH]c3ccccc23)cc1OC. The molecule has 1 aromatic heterocycles. The number of amides is 1. The molecule has 2 aromatic carbocycles. The molecule has 0 spiro atoms. The van der Waals surface area contributed by atoms with Gasteiger partial charge < -0.3 is 19.8 Å². The average Bonchev–Trinajstić information content (AvgIpc) is 3.21. The number of methoxy groups -OCH3 is 1.